The predicted molar refractivity (Wildman–Crippen MR) is 153 cm³/mol. The number of anilines is 2. The molecule has 3 aromatic rings. The number of hydrogen-bond acceptors (Lipinski definition) is 7. The van der Waals surface area contributed by atoms with Crippen molar-refractivity contribution in [3.63, 3.8) is 0 Å². The third kappa shape index (κ3) is 6.67. The van der Waals surface area contributed by atoms with Crippen molar-refractivity contribution in [2.24, 2.45) is 4.99 Å². The number of ether oxygens (including phenoxy) is 2. The summed E-state index contributed by atoms with van der Waals surface area (Å²) >= 11 is 7.16. The van der Waals surface area contributed by atoms with Crippen LogP contribution in [0.25, 0.3) is 0 Å². The van der Waals surface area contributed by atoms with Crippen LogP contribution in [0.2, 0.25) is 5.02 Å². The maximum Gasteiger partial charge on any atom is 0.255 e. The van der Waals surface area contributed by atoms with E-state index < -0.39 is 6.04 Å². The molecule has 2 amide bonds. The number of thioether (sulfide) groups is 1. The lowest BCUT2D eigenvalue weighted by molar-refractivity contribution is -0.114. The number of halogens is 1. The fourth-order valence-corrected chi connectivity index (χ4v) is 4.74. The number of hydrogen-bond donors (Lipinski definition) is 3. The molecule has 0 radical (unpaired) electrons. The molecule has 0 aliphatic carbocycles. The van der Waals surface area contributed by atoms with E-state index >= 15 is 0 Å². The highest BCUT2D eigenvalue weighted by Crippen LogP contribution is 2.39. The topological polar surface area (TPSA) is 101 Å². The summed E-state index contributed by atoms with van der Waals surface area (Å²) in [5.74, 6) is 0.766. The van der Waals surface area contributed by atoms with Crippen LogP contribution in [0.3, 0.4) is 0 Å². The van der Waals surface area contributed by atoms with Crippen molar-refractivity contribution in [2.45, 2.75) is 13.0 Å². The molecule has 4 rings (SSSR count). The molecule has 8 nitrogen and oxygen atoms in total. The summed E-state index contributed by atoms with van der Waals surface area (Å²) < 4.78 is 11.0. The molecule has 0 spiro atoms. The van der Waals surface area contributed by atoms with E-state index in [1.54, 1.807) is 50.6 Å². The second-order valence-electron chi connectivity index (χ2n) is 8.27. The van der Waals surface area contributed by atoms with Crippen molar-refractivity contribution in [3.8, 4) is 11.5 Å². The zero-order chi connectivity index (χ0) is 27.1. The van der Waals surface area contributed by atoms with E-state index in [2.05, 4.69) is 16.0 Å². The van der Waals surface area contributed by atoms with Crippen LogP contribution in [0.15, 0.2) is 89.1 Å². The SMILES string of the molecule is COc1ccc([C@H]2N=C(SCC(=O)Nc3ccc(Cl)cc3)NC(C)=C2C(=O)Nc2ccccc2)c(OC)c1. The Morgan fingerprint density at radius 3 is 2.37 bits per heavy atom. The third-order valence-corrected chi connectivity index (χ3v) is 6.84. The number of aliphatic imine (C=N–C) groups is 1. The summed E-state index contributed by atoms with van der Waals surface area (Å²) in [6.45, 7) is 1.81. The maximum absolute atomic E-state index is 13.5. The minimum absolute atomic E-state index is 0.111. The first-order valence-electron chi connectivity index (χ1n) is 11.7. The molecule has 0 fully saturated rings. The summed E-state index contributed by atoms with van der Waals surface area (Å²) in [4.78, 5) is 30.9. The number of para-hydroxylation sites is 1. The Bertz CT molecular complexity index is 1380. The fraction of sp³-hybridized carbons (Fsp3) is 0.179. The van der Waals surface area contributed by atoms with Gasteiger partial charge in [-0.3, -0.25) is 9.59 Å². The van der Waals surface area contributed by atoms with Gasteiger partial charge in [-0.05, 0) is 55.5 Å². The van der Waals surface area contributed by atoms with Gasteiger partial charge in [-0.25, -0.2) is 4.99 Å². The Morgan fingerprint density at radius 2 is 1.68 bits per heavy atom. The molecule has 196 valence electrons. The average molecular weight is 551 g/mol. The molecule has 0 aromatic heterocycles. The quantitative estimate of drug-likeness (QED) is 0.335. The first-order valence-corrected chi connectivity index (χ1v) is 13.1. The molecule has 0 bridgehead atoms. The summed E-state index contributed by atoms with van der Waals surface area (Å²) in [5, 5.41) is 10.1. The highest BCUT2D eigenvalue weighted by atomic mass is 35.5. The second-order valence-corrected chi connectivity index (χ2v) is 9.67. The smallest absolute Gasteiger partial charge is 0.255 e. The highest BCUT2D eigenvalue weighted by molar-refractivity contribution is 8.14. The number of rotatable bonds is 8. The van der Waals surface area contributed by atoms with Gasteiger partial charge in [0.2, 0.25) is 5.91 Å². The highest BCUT2D eigenvalue weighted by Gasteiger charge is 2.32. The molecular weight excluding hydrogens is 524 g/mol. The van der Waals surface area contributed by atoms with Gasteiger partial charge < -0.3 is 25.4 Å². The lowest BCUT2D eigenvalue weighted by atomic mass is 9.95. The number of carbonyl (C=O) groups is 2. The van der Waals surface area contributed by atoms with Gasteiger partial charge in [0.15, 0.2) is 5.17 Å². The number of benzene rings is 3. The van der Waals surface area contributed by atoms with E-state index in [4.69, 9.17) is 26.1 Å². The van der Waals surface area contributed by atoms with Gasteiger partial charge in [-0.15, -0.1) is 0 Å². The minimum atomic E-state index is -0.678. The molecule has 1 aliphatic heterocycles. The maximum atomic E-state index is 13.5. The Balaban J connectivity index is 1.59. The van der Waals surface area contributed by atoms with Crippen molar-refractivity contribution in [1.29, 1.82) is 0 Å². The average Bonchev–Trinajstić information content (AvgIpc) is 2.93. The van der Waals surface area contributed by atoms with Crippen LogP contribution in [-0.2, 0) is 9.59 Å². The molecular formula is C28H27ClN4O4S. The van der Waals surface area contributed by atoms with E-state index in [1.165, 1.54) is 11.8 Å². The van der Waals surface area contributed by atoms with E-state index in [1.807, 2.05) is 43.3 Å². The number of amidine groups is 1. The van der Waals surface area contributed by atoms with Gasteiger partial charge in [0, 0.05) is 33.7 Å². The van der Waals surface area contributed by atoms with Gasteiger partial charge >= 0.3 is 0 Å². The molecule has 1 atom stereocenters. The molecule has 0 saturated heterocycles. The lowest BCUT2D eigenvalue weighted by Gasteiger charge is -2.27. The lowest BCUT2D eigenvalue weighted by Crippen LogP contribution is -2.33. The summed E-state index contributed by atoms with van der Waals surface area (Å²) in [7, 11) is 3.13. The van der Waals surface area contributed by atoms with Crippen LogP contribution < -0.4 is 25.4 Å². The van der Waals surface area contributed by atoms with Crippen LogP contribution in [0.5, 0.6) is 11.5 Å². The van der Waals surface area contributed by atoms with Crippen molar-refractivity contribution in [3.05, 3.63) is 94.7 Å². The first kappa shape index (κ1) is 27.1. The molecule has 1 heterocycles. The Hall–Kier alpha value is -3.95. The summed E-state index contributed by atoms with van der Waals surface area (Å²) in [6.07, 6.45) is 0. The predicted octanol–water partition coefficient (Wildman–Crippen LogP) is 5.64. The van der Waals surface area contributed by atoms with Gasteiger partial charge in [-0.2, -0.15) is 0 Å². The number of methoxy groups -OCH3 is 2. The molecule has 1 aliphatic rings. The van der Waals surface area contributed by atoms with Crippen LogP contribution in [0.1, 0.15) is 18.5 Å². The van der Waals surface area contributed by atoms with Gasteiger partial charge in [-0.1, -0.05) is 41.6 Å². The van der Waals surface area contributed by atoms with Crippen molar-refractivity contribution >= 4 is 51.7 Å². The van der Waals surface area contributed by atoms with E-state index in [-0.39, 0.29) is 17.6 Å². The van der Waals surface area contributed by atoms with Crippen LogP contribution in [0, 0.1) is 0 Å². The Labute approximate surface area is 230 Å². The zero-order valence-electron chi connectivity index (χ0n) is 21.1. The molecule has 0 unspecified atom stereocenters. The van der Waals surface area contributed by atoms with E-state index in [0.29, 0.717) is 49.9 Å². The van der Waals surface area contributed by atoms with Crippen LogP contribution in [0.4, 0.5) is 11.4 Å². The van der Waals surface area contributed by atoms with Crippen molar-refractivity contribution in [2.75, 3.05) is 30.6 Å². The first-order chi connectivity index (χ1) is 18.4. The van der Waals surface area contributed by atoms with Gasteiger partial charge in [0.05, 0.1) is 25.5 Å². The fourth-order valence-electron chi connectivity index (χ4n) is 3.87. The summed E-state index contributed by atoms with van der Waals surface area (Å²) in [6, 6.07) is 20.8. The third-order valence-electron chi connectivity index (χ3n) is 5.70. The van der Waals surface area contributed by atoms with E-state index in [0.717, 1.165) is 0 Å². The van der Waals surface area contributed by atoms with Crippen molar-refractivity contribution in [1.82, 2.24) is 5.32 Å². The van der Waals surface area contributed by atoms with E-state index in [9.17, 15) is 9.59 Å². The van der Waals surface area contributed by atoms with Gasteiger partial charge in [0.25, 0.3) is 5.91 Å². The minimum Gasteiger partial charge on any atom is -0.497 e. The van der Waals surface area contributed by atoms with Crippen LogP contribution >= 0.6 is 23.4 Å². The molecule has 10 heteroatoms. The van der Waals surface area contributed by atoms with Crippen molar-refractivity contribution < 1.29 is 19.1 Å². The number of carbonyl (C=O) groups excluding carboxylic acids is 2. The number of amides is 2. The molecule has 0 saturated carbocycles. The Kier molecular flexibility index (Phi) is 8.93. The van der Waals surface area contributed by atoms with Gasteiger partial charge in [0.1, 0.15) is 17.5 Å². The largest absolute Gasteiger partial charge is 0.497 e. The number of allylic oxidation sites excluding steroid dienone is 1. The van der Waals surface area contributed by atoms with Crippen LogP contribution in [-0.4, -0.2) is 37.0 Å². The Morgan fingerprint density at radius 1 is 0.974 bits per heavy atom. The zero-order valence-corrected chi connectivity index (χ0v) is 22.7. The molecule has 3 N–H and O–H groups in total. The standard InChI is InChI=1S/C28H27ClN4O4S/c1-17-25(27(35)32-19-7-5-4-6-8-19)26(22-14-13-21(36-2)15-23(22)37-3)33-28(30-17)38-16-24(34)31-20-11-9-18(29)10-12-20/h4-15,26H,16H2,1-3H3,(H,30,33)(H,31,34)(H,32,35)/t26-/m1/s1. The molecule has 3 aromatic carbocycles. The number of nitrogens with zero attached hydrogens (tertiary/aromatic N) is 1. The molecule has 38 heavy (non-hydrogen) atoms. The second kappa shape index (κ2) is 12.5. The summed E-state index contributed by atoms with van der Waals surface area (Å²) in [5.41, 5.74) is 3.07. The number of nitrogens with one attached hydrogen (secondary N) is 3. The normalized spacial score (nSPS) is 14.7. The monoisotopic (exact) mass is 550 g/mol.